The third kappa shape index (κ3) is 4.64. The molecule has 0 aliphatic carbocycles. The second-order valence-corrected chi connectivity index (χ2v) is 8.40. The fourth-order valence-electron chi connectivity index (χ4n) is 2.81. The van der Waals surface area contributed by atoms with E-state index in [9.17, 15) is 23.3 Å². The van der Waals surface area contributed by atoms with E-state index in [1.54, 1.807) is 18.2 Å². The molecule has 0 spiro atoms. The van der Waals surface area contributed by atoms with Gasteiger partial charge >= 0.3 is 0 Å². The summed E-state index contributed by atoms with van der Waals surface area (Å²) in [5.41, 5.74) is 0.560. The van der Waals surface area contributed by atoms with Crippen molar-refractivity contribution in [3.63, 3.8) is 0 Å². The number of ether oxygens (including phenoxy) is 1. The summed E-state index contributed by atoms with van der Waals surface area (Å²) >= 11 is 0. The molecule has 10 heteroatoms. The molecule has 0 unspecified atom stereocenters. The number of methoxy groups -OCH3 is 1. The normalized spacial score (nSPS) is 10.9. The summed E-state index contributed by atoms with van der Waals surface area (Å²) < 4.78 is 31.7. The van der Waals surface area contributed by atoms with E-state index in [1.807, 2.05) is 0 Å². The first-order valence-electron chi connectivity index (χ1n) is 9.02. The molecule has 3 rings (SSSR count). The molecule has 3 aromatic carbocycles. The van der Waals surface area contributed by atoms with Gasteiger partial charge in [-0.3, -0.25) is 19.2 Å². The summed E-state index contributed by atoms with van der Waals surface area (Å²) in [4.78, 5) is 23.2. The van der Waals surface area contributed by atoms with E-state index < -0.39 is 20.9 Å². The number of nitrogens with one attached hydrogen (secondary N) is 1. The number of nitrogens with zero attached hydrogens (tertiary/aromatic N) is 2. The molecule has 3 aromatic rings. The first kappa shape index (κ1) is 21.8. The van der Waals surface area contributed by atoms with Gasteiger partial charge < -0.3 is 10.1 Å². The molecule has 0 saturated heterocycles. The third-order valence-electron chi connectivity index (χ3n) is 4.54. The average molecular weight is 441 g/mol. The Bertz CT molecular complexity index is 1210. The summed E-state index contributed by atoms with van der Waals surface area (Å²) in [5, 5.41) is 13.6. The fourth-order valence-corrected chi connectivity index (χ4v) is 4.03. The second kappa shape index (κ2) is 8.84. The Balaban J connectivity index is 1.81. The lowest BCUT2D eigenvalue weighted by molar-refractivity contribution is -0.384. The SMILES string of the molecule is COc1ccc([N+](=O)[O-])cc1NC(=O)c1ccc(N(C)S(=O)(=O)c2ccccc2)cc1. The Kier molecular flexibility index (Phi) is 6.21. The van der Waals surface area contributed by atoms with Gasteiger partial charge in [0.25, 0.3) is 21.6 Å². The molecule has 160 valence electrons. The Hall–Kier alpha value is -3.92. The first-order valence-corrected chi connectivity index (χ1v) is 10.5. The van der Waals surface area contributed by atoms with Gasteiger partial charge in [-0.1, -0.05) is 18.2 Å². The van der Waals surface area contributed by atoms with Gasteiger partial charge in [-0.2, -0.15) is 0 Å². The molecule has 31 heavy (non-hydrogen) atoms. The zero-order valence-electron chi connectivity index (χ0n) is 16.7. The molecule has 9 nitrogen and oxygen atoms in total. The van der Waals surface area contributed by atoms with Crippen LogP contribution in [0.2, 0.25) is 0 Å². The number of carbonyl (C=O) groups excluding carboxylic acids is 1. The zero-order chi connectivity index (χ0) is 22.6. The largest absolute Gasteiger partial charge is 0.495 e. The fraction of sp³-hybridized carbons (Fsp3) is 0.0952. The molecule has 0 aliphatic rings. The lowest BCUT2D eigenvalue weighted by Crippen LogP contribution is -2.26. The van der Waals surface area contributed by atoms with Crippen molar-refractivity contribution in [2.24, 2.45) is 0 Å². The summed E-state index contributed by atoms with van der Waals surface area (Å²) in [5.74, 6) is -0.261. The van der Waals surface area contributed by atoms with Crippen molar-refractivity contribution < 1.29 is 22.9 Å². The van der Waals surface area contributed by atoms with Gasteiger partial charge in [-0.05, 0) is 42.5 Å². The summed E-state index contributed by atoms with van der Waals surface area (Å²) in [6, 6.07) is 17.8. The number of nitro benzene ring substituents is 1. The Morgan fingerprint density at radius 3 is 2.26 bits per heavy atom. The third-order valence-corrected chi connectivity index (χ3v) is 6.34. The van der Waals surface area contributed by atoms with E-state index in [2.05, 4.69) is 5.32 Å². The number of carbonyl (C=O) groups is 1. The van der Waals surface area contributed by atoms with E-state index in [4.69, 9.17) is 4.74 Å². The number of sulfonamides is 1. The van der Waals surface area contributed by atoms with Gasteiger partial charge in [0, 0.05) is 24.7 Å². The maximum Gasteiger partial charge on any atom is 0.271 e. The number of hydrogen-bond donors (Lipinski definition) is 1. The maximum absolute atomic E-state index is 12.7. The molecule has 0 radical (unpaired) electrons. The lowest BCUT2D eigenvalue weighted by atomic mass is 10.2. The minimum Gasteiger partial charge on any atom is -0.495 e. The predicted octanol–water partition coefficient (Wildman–Crippen LogP) is 3.68. The first-order chi connectivity index (χ1) is 14.7. The van der Waals surface area contributed by atoms with E-state index in [0.717, 1.165) is 4.31 Å². The van der Waals surface area contributed by atoms with E-state index >= 15 is 0 Å². The maximum atomic E-state index is 12.7. The molecule has 0 saturated carbocycles. The molecular formula is C21H19N3O6S. The van der Waals surface area contributed by atoms with Crippen molar-refractivity contribution >= 4 is 33.0 Å². The van der Waals surface area contributed by atoms with Crippen molar-refractivity contribution in [3.8, 4) is 5.75 Å². The molecule has 1 amide bonds. The number of amides is 1. The smallest absolute Gasteiger partial charge is 0.271 e. The van der Waals surface area contributed by atoms with Crippen LogP contribution in [0.3, 0.4) is 0 Å². The summed E-state index contributed by atoms with van der Waals surface area (Å²) in [7, 11) is -0.938. The van der Waals surface area contributed by atoms with Gasteiger partial charge in [0.15, 0.2) is 0 Å². The predicted molar refractivity (Wildman–Crippen MR) is 116 cm³/mol. The van der Waals surface area contributed by atoms with Crippen LogP contribution >= 0.6 is 0 Å². The second-order valence-electron chi connectivity index (χ2n) is 6.43. The highest BCUT2D eigenvalue weighted by molar-refractivity contribution is 7.92. The van der Waals surface area contributed by atoms with Gasteiger partial charge in [-0.25, -0.2) is 8.42 Å². The van der Waals surface area contributed by atoms with Crippen LogP contribution in [0.5, 0.6) is 5.75 Å². The highest BCUT2D eigenvalue weighted by Gasteiger charge is 2.21. The molecule has 0 heterocycles. The highest BCUT2D eigenvalue weighted by Crippen LogP contribution is 2.29. The molecule has 0 atom stereocenters. The molecule has 0 aromatic heterocycles. The monoisotopic (exact) mass is 441 g/mol. The minimum atomic E-state index is -3.74. The lowest BCUT2D eigenvalue weighted by Gasteiger charge is -2.19. The minimum absolute atomic E-state index is 0.148. The van der Waals surface area contributed by atoms with E-state index in [1.165, 1.54) is 68.8 Å². The van der Waals surface area contributed by atoms with Crippen LogP contribution < -0.4 is 14.4 Å². The average Bonchev–Trinajstić information content (AvgIpc) is 2.79. The van der Waals surface area contributed by atoms with Gasteiger partial charge in [-0.15, -0.1) is 0 Å². The van der Waals surface area contributed by atoms with Crippen molar-refractivity contribution in [3.05, 3.63) is 88.5 Å². The summed E-state index contributed by atoms with van der Waals surface area (Å²) in [6.45, 7) is 0. The van der Waals surface area contributed by atoms with Gasteiger partial charge in [0.1, 0.15) is 5.75 Å². The van der Waals surface area contributed by atoms with Crippen molar-refractivity contribution in [1.82, 2.24) is 0 Å². The number of non-ortho nitro benzene ring substituents is 1. The molecule has 1 N–H and O–H groups in total. The molecular weight excluding hydrogens is 422 g/mol. The van der Waals surface area contributed by atoms with Crippen LogP contribution in [0, 0.1) is 10.1 Å². The van der Waals surface area contributed by atoms with E-state index in [-0.39, 0.29) is 27.6 Å². The van der Waals surface area contributed by atoms with Crippen LogP contribution in [0.1, 0.15) is 10.4 Å². The van der Waals surface area contributed by atoms with Crippen LogP contribution in [-0.4, -0.2) is 33.4 Å². The van der Waals surface area contributed by atoms with Crippen molar-refractivity contribution in [2.75, 3.05) is 23.8 Å². The molecule has 0 fully saturated rings. The van der Waals surface area contributed by atoms with Crippen molar-refractivity contribution in [1.29, 1.82) is 0 Å². The van der Waals surface area contributed by atoms with Gasteiger partial charge in [0.05, 0.1) is 28.3 Å². The molecule has 0 aliphatic heterocycles. The zero-order valence-corrected chi connectivity index (χ0v) is 17.5. The quantitative estimate of drug-likeness (QED) is 0.441. The Morgan fingerprint density at radius 1 is 1.03 bits per heavy atom. The van der Waals surface area contributed by atoms with Crippen LogP contribution in [0.15, 0.2) is 77.7 Å². The van der Waals surface area contributed by atoms with E-state index in [0.29, 0.717) is 5.69 Å². The van der Waals surface area contributed by atoms with Crippen LogP contribution in [0.25, 0.3) is 0 Å². The number of benzene rings is 3. The number of anilines is 2. The highest BCUT2D eigenvalue weighted by atomic mass is 32.2. The van der Waals surface area contributed by atoms with Gasteiger partial charge in [0.2, 0.25) is 0 Å². The number of rotatable bonds is 7. The Labute approximate surface area is 179 Å². The van der Waals surface area contributed by atoms with Crippen molar-refractivity contribution in [2.45, 2.75) is 4.90 Å². The van der Waals surface area contributed by atoms with Crippen LogP contribution in [-0.2, 0) is 10.0 Å². The summed E-state index contributed by atoms with van der Waals surface area (Å²) in [6.07, 6.45) is 0. The number of hydrogen-bond acceptors (Lipinski definition) is 6. The molecule has 0 bridgehead atoms. The topological polar surface area (TPSA) is 119 Å². The standard InChI is InChI=1S/C21H19N3O6S/c1-23(31(28,29)18-6-4-3-5-7-18)16-10-8-15(9-11-16)21(25)22-19-14-17(24(26)27)12-13-20(19)30-2/h3-14H,1-2H3,(H,22,25). The Morgan fingerprint density at radius 2 is 1.68 bits per heavy atom. The number of nitro groups is 1. The van der Waals surface area contributed by atoms with Crippen LogP contribution in [0.4, 0.5) is 17.1 Å².